The van der Waals surface area contributed by atoms with Crippen LogP contribution in [0.15, 0.2) is 11.6 Å². The van der Waals surface area contributed by atoms with E-state index in [0.717, 1.165) is 35.0 Å². The molecule has 3 heteroatoms. The molecule has 0 aromatic rings. The number of ether oxygens (including phenoxy) is 1. The Bertz CT molecular complexity index is 398. The maximum absolute atomic E-state index is 12.1. The van der Waals surface area contributed by atoms with E-state index in [1.54, 1.807) is 0 Å². The Morgan fingerprint density at radius 2 is 1.83 bits per heavy atom. The zero-order valence-corrected chi connectivity index (χ0v) is 11.7. The van der Waals surface area contributed by atoms with E-state index in [-0.39, 0.29) is 10.7 Å². The summed E-state index contributed by atoms with van der Waals surface area (Å²) in [6.07, 6.45) is 9.04. The molecule has 0 saturated heterocycles. The van der Waals surface area contributed by atoms with Gasteiger partial charge in [-0.05, 0) is 55.8 Å². The summed E-state index contributed by atoms with van der Waals surface area (Å²) in [5, 5.41) is 0. The molecule has 5 rings (SSSR count). The van der Waals surface area contributed by atoms with Crippen molar-refractivity contribution in [3.63, 3.8) is 0 Å². The molecule has 0 amide bonds. The summed E-state index contributed by atoms with van der Waals surface area (Å²) in [5.74, 6) is 4.34. The average molecular weight is 264 g/mol. The van der Waals surface area contributed by atoms with Crippen LogP contribution in [0.25, 0.3) is 0 Å². The number of rotatable bonds is 1. The molecule has 1 spiro atoms. The first-order valence-corrected chi connectivity index (χ1v) is 8.15. The molecule has 0 radical (unpaired) electrons. The van der Waals surface area contributed by atoms with Crippen LogP contribution in [-0.4, -0.2) is 23.6 Å². The predicted molar refractivity (Wildman–Crippen MR) is 72.3 cm³/mol. The lowest BCUT2D eigenvalue weighted by Crippen LogP contribution is -2.56. The molecule has 98 valence electrons. The van der Waals surface area contributed by atoms with Gasteiger partial charge in [0.25, 0.3) is 0 Å². The summed E-state index contributed by atoms with van der Waals surface area (Å²) in [6, 6.07) is 0. The molecule has 0 aromatic carbocycles. The third-order valence-electron chi connectivity index (χ3n) is 5.79. The highest BCUT2D eigenvalue weighted by atomic mass is 32.2. The fraction of sp³-hybridized carbons (Fsp3) is 0.800. The zero-order valence-electron chi connectivity index (χ0n) is 10.9. The first kappa shape index (κ1) is 11.4. The first-order chi connectivity index (χ1) is 8.74. The van der Waals surface area contributed by atoms with Crippen LogP contribution in [0.5, 0.6) is 0 Å². The van der Waals surface area contributed by atoms with Gasteiger partial charge in [0.1, 0.15) is 0 Å². The van der Waals surface area contributed by atoms with Crippen molar-refractivity contribution in [1.82, 2.24) is 0 Å². The minimum absolute atomic E-state index is 0.0625. The first-order valence-electron chi connectivity index (χ1n) is 7.17. The van der Waals surface area contributed by atoms with Gasteiger partial charge in [0, 0.05) is 5.75 Å². The van der Waals surface area contributed by atoms with Crippen LogP contribution < -0.4 is 0 Å². The van der Waals surface area contributed by atoms with E-state index in [4.69, 9.17) is 4.74 Å². The molecular formula is C15H20O2S. The molecule has 0 atom stereocenters. The summed E-state index contributed by atoms with van der Waals surface area (Å²) in [5.41, 5.74) is 1.02. The molecule has 5 aliphatic rings. The maximum Gasteiger partial charge on any atom is 0.334 e. The van der Waals surface area contributed by atoms with Crippen molar-refractivity contribution in [2.45, 2.75) is 36.9 Å². The molecule has 4 fully saturated rings. The molecule has 4 aliphatic carbocycles. The van der Waals surface area contributed by atoms with E-state index >= 15 is 0 Å². The summed E-state index contributed by atoms with van der Waals surface area (Å²) < 4.78 is 5.18. The molecule has 1 aliphatic heterocycles. The zero-order chi connectivity index (χ0) is 12.3. The number of esters is 1. The van der Waals surface area contributed by atoms with E-state index in [2.05, 4.69) is 6.08 Å². The molecular weight excluding hydrogens is 244 g/mol. The summed E-state index contributed by atoms with van der Waals surface area (Å²) in [6.45, 7) is 0. The van der Waals surface area contributed by atoms with Gasteiger partial charge in [0.15, 0.2) is 0 Å². The van der Waals surface area contributed by atoms with Crippen LogP contribution in [0.3, 0.4) is 0 Å². The highest BCUT2D eigenvalue weighted by Crippen LogP contribution is 2.66. The van der Waals surface area contributed by atoms with Gasteiger partial charge in [-0.3, -0.25) is 0 Å². The van der Waals surface area contributed by atoms with Gasteiger partial charge in [-0.15, -0.1) is 11.8 Å². The van der Waals surface area contributed by atoms with Crippen LogP contribution in [0.1, 0.15) is 32.1 Å². The van der Waals surface area contributed by atoms with Gasteiger partial charge in [-0.1, -0.05) is 6.08 Å². The van der Waals surface area contributed by atoms with E-state index in [1.165, 1.54) is 39.2 Å². The summed E-state index contributed by atoms with van der Waals surface area (Å²) >= 11 is 2.04. The van der Waals surface area contributed by atoms with E-state index in [1.807, 2.05) is 11.8 Å². The number of hydrogen-bond donors (Lipinski definition) is 0. The fourth-order valence-corrected chi connectivity index (χ4v) is 7.12. The van der Waals surface area contributed by atoms with Crippen molar-refractivity contribution >= 4 is 17.7 Å². The van der Waals surface area contributed by atoms with E-state index in [9.17, 15) is 4.79 Å². The minimum Gasteiger partial charge on any atom is -0.466 e. The van der Waals surface area contributed by atoms with Crippen molar-refractivity contribution in [3.8, 4) is 0 Å². The highest BCUT2D eigenvalue weighted by molar-refractivity contribution is 8.01. The standard InChI is InChI=1S/C15H20O2S/c1-17-14(16)13-2-3-18-15(13)11-5-9-4-10(7-11)8-12(15)6-9/h2,9-12H,3-8H2,1H3. The number of methoxy groups -OCH3 is 1. The van der Waals surface area contributed by atoms with Gasteiger partial charge in [0.2, 0.25) is 0 Å². The van der Waals surface area contributed by atoms with Gasteiger partial charge in [-0.2, -0.15) is 0 Å². The molecule has 4 bridgehead atoms. The van der Waals surface area contributed by atoms with Crippen molar-refractivity contribution in [2.75, 3.05) is 12.9 Å². The monoisotopic (exact) mass is 264 g/mol. The van der Waals surface area contributed by atoms with E-state index < -0.39 is 0 Å². The SMILES string of the molecule is COC(=O)C1=CCSC12C1CC3CC(C1)CC2C3. The minimum atomic E-state index is -0.0625. The second kappa shape index (κ2) is 3.78. The van der Waals surface area contributed by atoms with Crippen molar-refractivity contribution in [3.05, 3.63) is 11.6 Å². The maximum atomic E-state index is 12.1. The molecule has 18 heavy (non-hydrogen) atoms. The topological polar surface area (TPSA) is 26.3 Å². The Hall–Kier alpha value is -0.440. The molecule has 4 saturated carbocycles. The van der Waals surface area contributed by atoms with Crippen LogP contribution in [0, 0.1) is 23.7 Å². The molecule has 0 aromatic heterocycles. The smallest absolute Gasteiger partial charge is 0.334 e. The van der Waals surface area contributed by atoms with Gasteiger partial charge in [-0.25, -0.2) is 4.79 Å². The van der Waals surface area contributed by atoms with Crippen LogP contribution >= 0.6 is 11.8 Å². The number of hydrogen-bond acceptors (Lipinski definition) is 3. The summed E-state index contributed by atoms with van der Waals surface area (Å²) in [4.78, 5) is 12.1. The molecule has 0 unspecified atom stereocenters. The largest absolute Gasteiger partial charge is 0.466 e. The Morgan fingerprint density at radius 3 is 2.39 bits per heavy atom. The van der Waals surface area contributed by atoms with Crippen LogP contribution in [0.4, 0.5) is 0 Å². The second-order valence-electron chi connectivity index (χ2n) is 6.52. The quantitative estimate of drug-likeness (QED) is 0.681. The summed E-state index contributed by atoms with van der Waals surface area (Å²) in [7, 11) is 1.52. The van der Waals surface area contributed by atoms with Crippen molar-refractivity contribution < 1.29 is 9.53 Å². The predicted octanol–water partition coefficient (Wildman–Crippen LogP) is 3.03. The molecule has 0 N–H and O–H groups in total. The van der Waals surface area contributed by atoms with Crippen molar-refractivity contribution in [2.24, 2.45) is 23.7 Å². The average Bonchev–Trinajstić information content (AvgIpc) is 2.80. The van der Waals surface area contributed by atoms with Crippen molar-refractivity contribution in [1.29, 1.82) is 0 Å². The third-order valence-corrected chi connectivity index (χ3v) is 7.48. The number of carbonyl (C=O) groups excluding carboxylic acids is 1. The molecule has 2 nitrogen and oxygen atoms in total. The Morgan fingerprint density at radius 1 is 1.22 bits per heavy atom. The van der Waals surface area contributed by atoms with Gasteiger partial charge in [0.05, 0.1) is 17.4 Å². The number of thioether (sulfide) groups is 1. The third kappa shape index (κ3) is 1.29. The van der Waals surface area contributed by atoms with Crippen LogP contribution in [-0.2, 0) is 9.53 Å². The second-order valence-corrected chi connectivity index (χ2v) is 7.82. The number of carbonyl (C=O) groups is 1. The fourth-order valence-electron chi connectivity index (χ4n) is 5.41. The van der Waals surface area contributed by atoms with Gasteiger partial charge >= 0.3 is 5.97 Å². The Balaban J connectivity index is 1.75. The Labute approximate surface area is 113 Å². The highest BCUT2D eigenvalue weighted by Gasteiger charge is 2.61. The normalized spacial score (nSPS) is 48.6. The lowest BCUT2D eigenvalue weighted by Gasteiger charge is -2.60. The lowest BCUT2D eigenvalue weighted by atomic mass is 9.50. The Kier molecular flexibility index (Phi) is 2.39. The van der Waals surface area contributed by atoms with Gasteiger partial charge < -0.3 is 4.74 Å². The lowest BCUT2D eigenvalue weighted by molar-refractivity contribution is -0.137. The molecule has 1 heterocycles. The van der Waals surface area contributed by atoms with E-state index in [0.29, 0.717) is 0 Å². The van der Waals surface area contributed by atoms with Crippen LogP contribution in [0.2, 0.25) is 0 Å².